The molecule has 0 aromatic carbocycles. The van der Waals surface area contributed by atoms with Gasteiger partial charge in [0.2, 0.25) is 0 Å². The second-order valence-electron chi connectivity index (χ2n) is 4.09. The molecule has 4 nitrogen and oxygen atoms in total. The molecule has 2 atom stereocenters. The van der Waals surface area contributed by atoms with Crippen LogP contribution in [0.2, 0.25) is 0 Å². The predicted octanol–water partition coefficient (Wildman–Crippen LogP) is 1.37. The lowest BCUT2D eigenvalue weighted by Gasteiger charge is -2.25. The standard InChI is InChI=1S/C11H20ClNO3/c1-8(6-12)11(15)16-7-10(13(3)4)5-9(2)14/h6,9-10,14H,5,7H2,1-4H3. The van der Waals surface area contributed by atoms with Gasteiger partial charge in [-0.2, -0.15) is 0 Å². The van der Waals surface area contributed by atoms with Crippen LogP contribution in [-0.2, 0) is 9.53 Å². The van der Waals surface area contributed by atoms with Crippen LogP contribution < -0.4 is 0 Å². The number of ether oxygens (including phenoxy) is 1. The zero-order chi connectivity index (χ0) is 12.7. The molecule has 0 radical (unpaired) electrons. The number of nitrogens with zero attached hydrogens (tertiary/aromatic N) is 1. The van der Waals surface area contributed by atoms with Crippen LogP contribution in [0.25, 0.3) is 0 Å². The summed E-state index contributed by atoms with van der Waals surface area (Å²) >= 11 is 5.40. The van der Waals surface area contributed by atoms with E-state index in [1.807, 2.05) is 19.0 Å². The molecule has 0 spiro atoms. The maximum absolute atomic E-state index is 11.3. The molecule has 16 heavy (non-hydrogen) atoms. The molecular formula is C11H20ClNO3. The molecular weight excluding hydrogens is 230 g/mol. The minimum atomic E-state index is -0.424. The lowest BCUT2D eigenvalue weighted by molar-refractivity contribution is -0.140. The summed E-state index contributed by atoms with van der Waals surface area (Å²) in [5.74, 6) is -0.424. The van der Waals surface area contributed by atoms with Crippen molar-refractivity contribution in [3.63, 3.8) is 0 Å². The SMILES string of the molecule is CC(=CCl)C(=O)OCC(CC(C)O)N(C)C. The summed E-state index contributed by atoms with van der Waals surface area (Å²) in [4.78, 5) is 13.2. The zero-order valence-corrected chi connectivity index (χ0v) is 11.0. The van der Waals surface area contributed by atoms with E-state index < -0.39 is 12.1 Å². The fraction of sp³-hybridized carbons (Fsp3) is 0.727. The van der Waals surface area contributed by atoms with E-state index in [0.717, 1.165) is 0 Å². The highest BCUT2D eigenvalue weighted by Crippen LogP contribution is 2.06. The summed E-state index contributed by atoms with van der Waals surface area (Å²) in [5, 5.41) is 9.29. The summed E-state index contributed by atoms with van der Waals surface area (Å²) < 4.78 is 5.07. The lowest BCUT2D eigenvalue weighted by Crippen LogP contribution is -2.36. The van der Waals surface area contributed by atoms with Gasteiger partial charge in [-0.3, -0.25) is 0 Å². The number of aliphatic hydroxyl groups excluding tert-OH is 1. The highest BCUT2D eigenvalue weighted by Gasteiger charge is 2.16. The number of hydrogen-bond donors (Lipinski definition) is 1. The van der Waals surface area contributed by atoms with Crippen LogP contribution in [0, 0.1) is 0 Å². The van der Waals surface area contributed by atoms with Gasteiger partial charge < -0.3 is 14.7 Å². The Morgan fingerprint density at radius 3 is 2.50 bits per heavy atom. The van der Waals surface area contributed by atoms with Crippen LogP contribution in [0.1, 0.15) is 20.3 Å². The summed E-state index contributed by atoms with van der Waals surface area (Å²) in [6.45, 7) is 3.55. The van der Waals surface area contributed by atoms with E-state index in [0.29, 0.717) is 12.0 Å². The molecule has 0 saturated carbocycles. The number of likely N-dealkylation sites (N-methyl/N-ethyl adjacent to an activating group) is 1. The largest absolute Gasteiger partial charge is 0.461 e. The van der Waals surface area contributed by atoms with E-state index in [1.54, 1.807) is 13.8 Å². The van der Waals surface area contributed by atoms with E-state index in [4.69, 9.17) is 16.3 Å². The third kappa shape index (κ3) is 6.10. The van der Waals surface area contributed by atoms with Crippen molar-refractivity contribution in [2.45, 2.75) is 32.4 Å². The number of hydrogen-bond acceptors (Lipinski definition) is 4. The summed E-state index contributed by atoms with van der Waals surface area (Å²) in [6, 6.07) is 0.00655. The van der Waals surface area contributed by atoms with Gasteiger partial charge in [0.05, 0.1) is 6.10 Å². The maximum Gasteiger partial charge on any atom is 0.334 e. The number of carbonyl (C=O) groups excluding carboxylic acids is 1. The quantitative estimate of drug-likeness (QED) is 0.571. The van der Waals surface area contributed by atoms with E-state index in [9.17, 15) is 9.90 Å². The molecule has 0 bridgehead atoms. The molecule has 0 aliphatic rings. The van der Waals surface area contributed by atoms with Crippen molar-refractivity contribution in [2.24, 2.45) is 0 Å². The Labute approximate surface area is 102 Å². The molecule has 94 valence electrons. The third-order valence-electron chi connectivity index (χ3n) is 2.24. The van der Waals surface area contributed by atoms with Crippen LogP contribution in [0.4, 0.5) is 0 Å². The highest BCUT2D eigenvalue weighted by atomic mass is 35.5. The van der Waals surface area contributed by atoms with Gasteiger partial charge in [0, 0.05) is 17.2 Å². The minimum absolute atomic E-state index is 0.00655. The van der Waals surface area contributed by atoms with E-state index >= 15 is 0 Å². The first-order valence-electron chi connectivity index (χ1n) is 5.17. The summed E-state index contributed by atoms with van der Waals surface area (Å²) in [7, 11) is 3.76. The van der Waals surface area contributed by atoms with Crippen molar-refractivity contribution in [1.82, 2.24) is 4.90 Å². The Kier molecular flexibility index (Phi) is 7.38. The normalized spacial score (nSPS) is 16.1. The average Bonchev–Trinajstić information content (AvgIpc) is 2.21. The molecule has 0 fully saturated rings. The van der Waals surface area contributed by atoms with Gasteiger partial charge in [0.15, 0.2) is 0 Å². The molecule has 0 aromatic rings. The number of carbonyl (C=O) groups is 1. The highest BCUT2D eigenvalue weighted by molar-refractivity contribution is 6.27. The Hall–Kier alpha value is -0.580. The van der Waals surface area contributed by atoms with Gasteiger partial charge in [-0.05, 0) is 34.4 Å². The van der Waals surface area contributed by atoms with E-state index in [2.05, 4.69) is 0 Å². The third-order valence-corrected chi connectivity index (χ3v) is 2.56. The van der Waals surface area contributed by atoms with Crippen LogP contribution >= 0.6 is 11.6 Å². The van der Waals surface area contributed by atoms with Gasteiger partial charge in [0.25, 0.3) is 0 Å². The molecule has 0 aliphatic heterocycles. The van der Waals surface area contributed by atoms with Gasteiger partial charge in [-0.1, -0.05) is 11.6 Å². The smallest absolute Gasteiger partial charge is 0.334 e. The van der Waals surface area contributed by atoms with Gasteiger partial charge in [-0.15, -0.1) is 0 Å². The molecule has 2 unspecified atom stereocenters. The Bertz CT molecular complexity index is 252. The number of halogens is 1. The topological polar surface area (TPSA) is 49.8 Å². The second kappa shape index (κ2) is 7.65. The van der Waals surface area contributed by atoms with Crippen LogP contribution in [0.15, 0.2) is 11.1 Å². The van der Waals surface area contributed by atoms with Crippen LogP contribution in [0.3, 0.4) is 0 Å². The minimum Gasteiger partial charge on any atom is -0.461 e. The van der Waals surface area contributed by atoms with Crippen molar-refractivity contribution in [2.75, 3.05) is 20.7 Å². The predicted molar refractivity (Wildman–Crippen MR) is 64.3 cm³/mol. The van der Waals surface area contributed by atoms with Crippen molar-refractivity contribution >= 4 is 17.6 Å². The Morgan fingerprint density at radius 1 is 1.56 bits per heavy atom. The monoisotopic (exact) mass is 249 g/mol. The molecule has 5 heteroatoms. The molecule has 0 aliphatic carbocycles. The Balaban J connectivity index is 4.17. The van der Waals surface area contributed by atoms with Crippen molar-refractivity contribution in [3.05, 3.63) is 11.1 Å². The molecule has 1 N–H and O–H groups in total. The van der Waals surface area contributed by atoms with Gasteiger partial charge >= 0.3 is 5.97 Å². The number of esters is 1. The first kappa shape index (κ1) is 15.4. The van der Waals surface area contributed by atoms with Crippen molar-refractivity contribution < 1.29 is 14.6 Å². The summed E-state index contributed by atoms with van der Waals surface area (Å²) in [6.07, 6.45) is 0.139. The lowest BCUT2D eigenvalue weighted by atomic mass is 10.1. The first-order valence-corrected chi connectivity index (χ1v) is 5.60. The first-order chi connectivity index (χ1) is 7.38. The second-order valence-corrected chi connectivity index (χ2v) is 4.31. The zero-order valence-electron chi connectivity index (χ0n) is 10.2. The maximum atomic E-state index is 11.3. The molecule has 0 heterocycles. The fourth-order valence-corrected chi connectivity index (χ4v) is 1.24. The van der Waals surface area contributed by atoms with E-state index in [-0.39, 0.29) is 12.6 Å². The molecule has 0 saturated heterocycles. The molecule has 0 amide bonds. The fourth-order valence-electron chi connectivity index (χ4n) is 1.15. The number of rotatable bonds is 6. The molecule has 0 rings (SSSR count). The van der Waals surface area contributed by atoms with Crippen molar-refractivity contribution in [1.29, 1.82) is 0 Å². The molecule has 0 aromatic heterocycles. The number of aliphatic hydroxyl groups is 1. The van der Waals surface area contributed by atoms with Crippen LogP contribution in [0.5, 0.6) is 0 Å². The van der Waals surface area contributed by atoms with E-state index in [1.165, 1.54) is 5.54 Å². The van der Waals surface area contributed by atoms with Gasteiger partial charge in [-0.25, -0.2) is 4.79 Å². The van der Waals surface area contributed by atoms with Gasteiger partial charge in [0.1, 0.15) is 6.61 Å². The average molecular weight is 250 g/mol. The van der Waals surface area contributed by atoms with Crippen molar-refractivity contribution in [3.8, 4) is 0 Å². The Morgan fingerprint density at radius 2 is 2.12 bits per heavy atom. The summed E-state index contributed by atoms with van der Waals surface area (Å²) in [5.41, 5.74) is 1.57. The van der Waals surface area contributed by atoms with Crippen LogP contribution in [-0.4, -0.2) is 48.8 Å².